The fourth-order valence-electron chi connectivity index (χ4n) is 5.68. The third-order valence-corrected chi connectivity index (χ3v) is 9.03. The number of hydroxylamine groups is 2. The summed E-state index contributed by atoms with van der Waals surface area (Å²) in [6.07, 6.45) is 16.3. The lowest BCUT2D eigenvalue weighted by atomic mass is 9.78. The first kappa shape index (κ1) is 23.9. The van der Waals surface area contributed by atoms with Gasteiger partial charge in [0.25, 0.3) is 5.91 Å². The van der Waals surface area contributed by atoms with Crippen molar-refractivity contribution in [2.75, 3.05) is 18.6 Å². The molecule has 0 spiro atoms. The number of ether oxygens (including phenoxy) is 1. The Bertz CT molecular complexity index is 627. The van der Waals surface area contributed by atoms with Crippen molar-refractivity contribution in [1.82, 2.24) is 5.06 Å². The Morgan fingerprint density at radius 3 is 2.47 bits per heavy atom. The molecule has 172 valence electrons. The van der Waals surface area contributed by atoms with E-state index in [0.717, 1.165) is 49.5 Å². The summed E-state index contributed by atoms with van der Waals surface area (Å²) in [5, 5.41) is 10.1. The lowest BCUT2D eigenvalue weighted by Crippen LogP contribution is -2.36. The molecule has 1 unspecified atom stereocenters. The average molecular weight is 440 g/mol. The molecule has 0 radical (unpaired) electrons. The fourth-order valence-corrected chi connectivity index (χ4v) is 7.34. The van der Waals surface area contributed by atoms with Gasteiger partial charge in [0, 0.05) is 40.7 Å². The molecule has 5 nitrogen and oxygen atoms in total. The first-order valence-corrected chi connectivity index (χ1v) is 13.4. The van der Waals surface area contributed by atoms with Gasteiger partial charge in [0.1, 0.15) is 0 Å². The van der Waals surface area contributed by atoms with E-state index < -0.39 is 16.2 Å². The van der Waals surface area contributed by atoms with Gasteiger partial charge in [-0.3, -0.25) is 14.2 Å². The highest BCUT2D eigenvalue weighted by molar-refractivity contribution is 7.84. The summed E-state index contributed by atoms with van der Waals surface area (Å²) in [5.74, 6) is 3.14. The maximum absolute atomic E-state index is 12.8. The zero-order valence-corrected chi connectivity index (χ0v) is 19.9. The molecule has 3 fully saturated rings. The van der Waals surface area contributed by atoms with E-state index in [1.54, 1.807) is 0 Å². The Balaban J connectivity index is 1.44. The van der Waals surface area contributed by atoms with Gasteiger partial charge in [0.15, 0.2) is 0 Å². The highest BCUT2D eigenvalue weighted by atomic mass is 32.2. The number of amides is 1. The van der Waals surface area contributed by atoms with Gasteiger partial charge in [0.05, 0.1) is 12.2 Å². The average Bonchev–Trinajstić information content (AvgIpc) is 3.44. The number of nitrogens with zero attached hydrogens (tertiary/aromatic N) is 1. The molecule has 6 heteroatoms. The molecule has 2 aliphatic heterocycles. The molecule has 1 amide bonds. The largest absolute Gasteiger partial charge is 0.374 e. The molecule has 30 heavy (non-hydrogen) atoms. The highest BCUT2D eigenvalue weighted by Gasteiger charge is 2.48. The molecule has 1 saturated carbocycles. The molecule has 5 atom stereocenters. The lowest BCUT2D eigenvalue weighted by molar-refractivity contribution is -0.169. The van der Waals surface area contributed by atoms with Gasteiger partial charge in [-0.2, -0.15) is 0 Å². The number of carbonyl (C=O) groups is 1. The molecular formula is C24H41NO4S. The minimum Gasteiger partial charge on any atom is -0.374 e. The number of fused-ring (bicyclic) bond motifs is 2. The molecule has 0 aromatic rings. The van der Waals surface area contributed by atoms with Crippen LogP contribution in [-0.4, -0.2) is 51.1 Å². The van der Waals surface area contributed by atoms with Crippen LogP contribution in [0.2, 0.25) is 0 Å². The Hall–Kier alpha value is -0.720. The second kappa shape index (κ2) is 10.7. The molecule has 2 heterocycles. The van der Waals surface area contributed by atoms with E-state index in [0.29, 0.717) is 35.5 Å². The predicted molar refractivity (Wildman–Crippen MR) is 121 cm³/mol. The van der Waals surface area contributed by atoms with Crippen molar-refractivity contribution in [3.8, 4) is 0 Å². The Morgan fingerprint density at radius 2 is 1.80 bits per heavy atom. The number of hydrogen-bond donors (Lipinski definition) is 1. The molecular weight excluding hydrogens is 398 g/mol. The second-order valence-corrected chi connectivity index (χ2v) is 11.9. The molecule has 1 aliphatic carbocycles. The van der Waals surface area contributed by atoms with Crippen LogP contribution >= 0.6 is 0 Å². The third kappa shape index (κ3) is 6.17. The monoisotopic (exact) mass is 439 g/mol. The molecule has 0 aromatic heterocycles. The van der Waals surface area contributed by atoms with E-state index in [4.69, 9.17) is 4.74 Å². The van der Waals surface area contributed by atoms with Gasteiger partial charge in [-0.15, -0.1) is 0 Å². The van der Waals surface area contributed by atoms with E-state index in [1.807, 2.05) is 13.8 Å². The van der Waals surface area contributed by atoms with Crippen LogP contribution in [0.25, 0.3) is 0 Å². The normalized spacial score (nSPS) is 30.4. The second-order valence-electron chi connectivity index (χ2n) is 10.3. The predicted octanol–water partition coefficient (Wildman–Crippen LogP) is 4.71. The first-order valence-electron chi connectivity index (χ1n) is 11.9. The summed E-state index contributed by atoms with van der Waals surface area (Å²) >= 11 is 0. The van der Waals surface area contributed by atoms with Crippen LogP contribution in [0, 0.1) is 23.2 Å². The van der Waals surface area contributed by atoms with Crippen LogP contribution in [0.4, 0.5) is 0 Å². The number of carbonyl (C=O) groups excluding carboxylic acids is 1. The van der Waals surface area contributed by atoms with E-state index in [9.17, 15) is 14.2 Å². The van der Waals surface area contributed by atoms with Crippen LogP contribution in [0.15, 0.2) is 12.2 Å². The van der Waals surface area contributed by atoms with Crippen molar-refractivity contribution in [3.63, 3.8) is 0 Å². The highest BCUT2D eigenvalue weighted by Crippen LogP contribution is 2.45. The number of hydrogen-bond acceptors (Lipinski definition) is 4. The SMILES string of the molecule is CN(O)C(=O)C(C)(C)CCC=CC[C@H]1[C@@H](CS(=O)CCC2CCCC2)[C@H]2CC[C@@H]1O2. The molecule has 3 aliphatic rings. The zero-order valence-electron chi connectivity index (χ0n) is 19.1. The Labute approximate surface area is 185 Å². The zero-order chi connectivity index (χ0) is 21.7. The smallest absolute Gasteiger partial charge is 0.251 e. The van der Waals surface area contributed by atoms with Crippen molar-refractivity contribution in [2.24, 2.45) is 23.2 Å². The Morgan fingerprint density at radius 1 is 1.13 bits per heavy atom. The van der Waals surface area contributed by atoms with Crippen LogP contribution in [0.3, 0.4) is 0 Å². The number of rotatable bonds is 11. The minimum atomic E-state index is -0.729. The van der Waals surface area contributed by atoms with Crippen LogP contribution in [0.1, 0.15) is 78.1 Å². The van der Waals surface area contributed by atoms with Crippen molar-refractivity contribution in [2.45, 2.75) is 90.3 Å². The maximum atomic E-state index is 12.8. The maximum Gasteiger partial charge on any atom is 0.251 e. The van der Waals surface area contributed by atoms with Crippen molar-refractivity contribution in [1.29, 1.82) is 0 Å². The van der Waals surface area contributed by atoms with Gasteiger partial charge in [-0.05, 0) is 50.4 Å². The lowest BCUT2D eigenvalue weighted by Gasteiger charge is -2.27. The topological polar surface area (TPSA) is 66.8 Å². The summed E-state index contributed by atoms with van der Waals surface area (Å²) in [6, 6.07) is 0. The minimum absolute atomic E-state index is 0.252. The summed E-state index contributed by atoms with van der Waals surface area (Å²) in [6.45, 7) is 3.74. The first-order chi connectivity index (χ1) is 14.3. The summed E-state index contributed by atoms with van der Waals surface area (Å²) in [5.41, 5.74) is -0.567. The standard InChI is InChI=1S/C24H41NO4S/c1-24(2,23(26)25(3)27)15-8-4-5-11-19-20(22-13-12-21(19)29-22)17-30(28)16-14-18-9-6-7-10-18/h4-5,18-22,27H,6-17H2,1-3H3/t19-,20+,21-,22+,30?/m0/s1. The Kier molecular flexibility index (Phi) is 8.56. The summed E-state index contributed by atoms with van der Waals surface area (Å²) in [4.78, 5) is 12.0. The summed E-state index contributed by atoms with van der Waals surface area (Å²) in [7, 11) is 0.653. The molecule has 2 saturated heterocycles. The van der Waals surface area contributed by atoms with Crippen LogP contribution < -0.4 is 0 Å². The van der Waals surface area contributed by atoms with Gasteiger partial charge < -0.3 is 4.74 Å². The van der Waals surface area contributed by atoms with Crippen molar-refractivity contribution in [3.05, 3.63) is 12.2 Å². The van der Waals surface area contributed by atoms with E-state index >= 15 is 0 Å². The van der Waals surface area contributed by atoms with E-state index in [1.165, 1.54) is 32.7 Å². The van der Waals surface area contributed by atoms with Crippen LogP contribution in [0.5, 0.6) is 0 Å². The van der Waals surface area contributed by atoms with Crippen molar-refractivity contribution < 1.29 is 18.9 Å². The molecule has 3 rings (SSSR count). The van der Waals surface area contributed by atoms with E-state index in [2.05, 4.69) is 12.2 Å². The molecule has 2 bridgehead atoms. The quantitative estimate of drug-likeness (QED) is 0.288. The van der Waals surface area contributed by atoms with Gasteiger partial charge in [0.2, 0.25) is 0 Å². The van der Waals surface area contributed by atoms with Gasteiger partial charge in [-0.25, -0.2) is 5.06 Å². The van der Waals surface area contributed by atoms with Crippen LogP contribution in [-0.2, 0) is 20.3 Å². The third-order valence-electron chi connectivity index (χ3n) is 7.58. The van der Waals surface area contributed by atoms with Crippen molar-refractivity contribution >= 4 is 16.7 Å². The van der Waals surface area contributed by atoms with E-state index in [-0.39, 0.29) is 5.91 Å². The summed E-state index contributed by atoms with van der Waals surface area (Å²) < 4.78 is 19.0. The number of allylic oxidation sites excluding steroid dienone is 2. The fraction of sp³-hybridized carbons (Fsp3) is 0.875. The van der Waals surface area contributed by atoms with Gasteiger partial charge in [-0.1, -0.05) is 51.7 Å². The molecule has 0 aromatic carbocycles. The molecule has 1 N–H and O–H groups in total. The van der Waals surface area contributed by atoms with Gasteiger partial charge >= 0.3 is 0 Å².